The fraction of sp³-hybridized carbons (Fsp3) is 0.250. The fourth-order valence-corrected chi connectivity index (χ4v) is 1.78. The summed E-state index contributed by atoms with van der Waals surface area (Å²) in [6.07, 6.45) is 0. The first-order chi connectivity index (χ1) is 5.56. The van der Waals surface area contributed by atoms with Crippen LogP contribution in [0.15, 0.2) is 29.2 Å². The lowest BCUT2D eigenvalue weighted by atomic mass is 10.3. The minimum Gasteiger partial charge on any atom is -0.301 e. The molecule has 1 N–H and O–H groups in total. The van der Waals surface area contributed by atoms with Crippen LogP contribution in [0.1, 0.15) is 6.92 Å². The van der Waals surface area contributed by atoms with Crippen LogP contribution in [0.2, 0.25) is 0 Å². The van der Waals surface area contributed by atoms with Gasteiger partial charge in [-0.2, -0.15) is 0 Å². The van der Waals surface area contributed by atoms with Crippen molar-refractivity contribution in [1.82, 2.24) is 5.73 Å². The van der Waals surface area contributed by atoms with Crippen molar-refractivity contribution >= 4 is 15.5 Å². The highest BCUT2D eigenvalue weighted by Crippen LogP contribution is 2.14. The molecule has 65 valence electrons. The summed E-state index contributed by atoms with van der Waals surface area (Å²) >= 11 is 0. The quantitative estimate of drug-likeness (QED) is 0.697. The molecule has 1 radical (unpaired) electrons. The molecule has 4 heteroatoms. The molecular formula is C8H10NO2S. The van der Waals surface area contributed by atoms with Gasteiger partial charge in [-0.1, -0.05) is 13.0 Å². The molecule has 0 aliphatic rings. The Balaban J connectivity index is 3.21. The Hall–Kier alpha value is -1.03. The molecule has 12 heavy (non-hydrogen) atoms. The molecule has 0 spiro atoms. The van der Waals surface area contributed by atoms with Gasteiger partial charge in [0.25, 0.3) is 0 Å². The zero-order valence-electron chi connectivity index (χ0n) is 6.74. The molecule has 0 aromatic heterocycles. The lowest BCUT2D eigenvalue weighted by Crippen LogP contribution is -2.02. The van der Waals surface area contributed by atoms with E-state index < -0.39 is 9.84 Å². The van der Waals surface area contributed by atoms with E-state index in [1.807, 2.05) is 0 Å². The first-order valence-corrected chi connectivity index (χ1v) is 5.26. The van der Waals surface area contributed by atoms with Gasteiger partial charge in [0.05, 0.1) is 16.3 Å². The smallest absolute Gasteiger partial charge is 0.178 e. The minimum absolute atomic E-state index is 0.0798. The van der Waals surface area contributed by atoms with Crippen LogP contribution in [-0.2, 0) is 9.84 Å². The molecule has 3 nitrogen and oxygen atoms in total. The summed E-state index contributed by atoms with van der Waals surface area (Å²) in [6, 6.07) is 6.00. The van der Waals surface area contributed by atoms with Crippen LogP contribution >= 0.6 is 0 Å². The Morgan fingerprint density at radius 1 is 1.42 bits per heavy atom. The zero-order valence-corrected chi connectivity index (χ0v) is 7.56. The summed E-state index contributed by atoms with van der Waals surface area (Å²) in [5.41, 5.74) is 7.45. The normalized spacial score (nSPS) is 11.4. The third-order valence-corrected chi connectivity index (χ3v) is 3.31. The first kappa shape index (κ1) is 9.06. The molecule has 0 heterocycles. The van der Waals surface area contributed by atoms with Gasteiger partial charge in [0.2, 0.25) is 0 Å². The van der Waals surface area contributed by atoms with Crippen molar-refractivity contribution in [3.05, 3.63) is 24.3 Å². The largest absolute Gasteiger partial charge is 0.301 e. The number of sulfone groups is 1. The van der Waals surface area contributed by atoms with Gasteiger partial charge in [-0.25, -0.2) is 8.42 Å². The Labute approximate surface area is 72.1 Å². The van der Waals surface area contributed by atoms with Gasteiger partial charge >= 0.3 is 0 Å². The predicted octanol–water partition coefficient (Wildman–Crippen LogP) is 1.39. The van der Waals surface area contributed by atoms with Gasteiger partial charge in [-0.3, -0.25) is 0 Å². The van der Waals surface area contributed by atoms with Gasteiger partial charge in [-0.05, 0) is 18.2 Å². The molecule has 0 amide bonds. The molecule has 0 unspecified atom stereocenters. The maximum Gasteiger partial charge on any atom is 0.178 e. The van der Waals surface area contributed by atoms with Gasteiger partial charge in [0.1, 0.15) is 0 Å². The molecule has 1 aromatic rings. The molecular weight excluding hydrogens is 174 g/mol. The SMILES string of the molecule is CCS(=O)(=O)c1cccc([NH])c1. The Morgan fingerprint density at radius 3 is 2.58 bits per heavy atom. The number of benzene rings is 1. The fourth-order valence-electron chi connectivity index (χ4n) is 0.856. The molecule has 0 bridgehead atoms. The van der Waals surface area contributed by atoms with Crippen LogP contribution in [0.25, 0.3) is 0 Å². The molecule has 0 saturated heterocycles. The average Bonchev–Trinajstić information content (AvgIpc) is 2.05. The van der Waals surface area contributed by atoms with Crippen molar-refractivity contribution in [1.29, 1.82) is 0 Å². The van der Waals surface area contributed by atoms with E-state index in [-0.39, 0.29) is 16.3 Å². The standard InChI is InChI=1S/C8H10NO2S/c1-2-12(10,11)8-5-3-4-7(9)6-8/h3-6,9H,2H2,1H3. The van der Waals surface area contributed by atoms with Crippen molar-refractivity contribution in [3.63, 3.8) is 0 Å². The molecule has 0 atom stereocenters. The Bertz CT molecular complexity index is 370. The lowest BCUT2D eigenvalue weighted by molar-refractivity contribution is 0.597. The highest BCUT2D eigenvalue weighted by molar-refractivity contribution is 7.91. The highest BCUT2D eigenvalue weighted by Gasteiger charge is 2.10. The monoisotopic (exact) mass is 184 g/mol. The predicted molar refractivity (Wildman–Crippen MR) is 46.9 cm³/mol. The average molecular weight is 184 g/mol. The zero-order chi connectivity index (χ0) is 9.19. The van der Waals surface area contributed by atoms with Gasteiger partial charge in [0.15, 0.2) is 9.84 Å². The maximum absolute atomic E-state index is 11.3. The lowest BCUT2D eigenvalue weighted by Gasteiger charge is -2.00. The molecule has 0 saturated carbocycles. The second-order valence-corrected chi connectivity index (χ2v) is 4.71. The van der Waals surface area contributed by atoms with Gasteiger partial charge < -0.3 is 5.73 Å². The molecule has 1 aromatic carbocycles. The summed E-state index contributed by atoms with van der Waals surface area (Å²) in [6.45, 7) is 1.59. The third kappa shape index (κ3) is 1.76. The summed E-state index contributed by atoms with van der Waals surface area (Å²) in [5, 5.41) is 0. The molecule has 0 fully saturated rings. The van der Waals surface area contributed by atoms with Crippen LogP contribution in [-0.4, -0.2) is 14.2 Å². The van der Waals surface area contributed by atoms with E-state index in [0.29, 0.717) is 0 Å². The van der Waals surface area contributed by atoms with Crippen LogP contribution in [0.3, 0.4) is 0 Å². The minimum atomic E-state index is -3.14. The van der Waals surface area contributed by atoms with E-state index in [1.165, 1.54) is 12.1 Å². The second-order valence-electron chi connectivity index (χ2n) is 2.43. The molecule has 0 aliphatic carbocycles. The van der Waals surface area contributed by atoms with E-state index in [0.717, 1.165) is 0 Å². The second kappa shape index (κ2) is 3.15. The number of rotatable bonds is 2. The van der Waals surface area contributed by atoms with Crippen molar-refractivity contribution in [3.8, 4) is 0 Å². The number of nitrogens with one attached hydrogen (secondary N) is 1. The van der Waals surface area contributed by atoms with E-state index >= 15 is 0 Å². The van der Waals surface area contributed by atoms with E-state index in [2.05, 4.69) is 0 Å². The van der Waals surface area contributed by atoms with Crippen molar-refractivity contribution < 1.29 is 8.42 Å². The summed E-state index contributed by atoms with van der Waals surface area (Å²) < 4.78 is 22.5. The maximum atomic E-state index is 11.3. The highest BCUT2D eigenvalue weighted by atomic mass is 32.2. The van der Waals surface area contributed by atoms with Crippen LogP contribution < -0.4 is 5.73 Å². The first-order valence-electron chi connectivity index (χ1n) is 3.60. The number of hydrogen-bond donors (Lipinski definition) is 0. The van der Waals surface area contributed by atoms with Crippen molar-refractivity contribution in [2.75, 3.05) is 5.75 Å². The van der Waals surface area contributed by atoms with E-state index in [9.17, 15) is 8.42 Å². The molecule has 0 aliphatic heterocycles. The van der Waals surface area contributed by atoms with Crippen LogP contribution in [0, 0.1) is 0 Å². The van der Waals surface area contributed by atoms with Crippen molar-refractivity contribution in [2.24, 2.45) is 0 Å². The topological polar surface area (TPSA) is 57.9 Å². The third-order valence-electron chi connectivity index (χ3n) is 1.57. The van der Waals surface area contributed by atoms with Crippen molar-refractivity contribution in [2.45, 2.75) is 11.8 Å². The van der Waals surface area contributed by atoms with Gasteiger partial charge in [0, 0.05) is 0 Å². The Morgan fingerprint density at radius 2 is 2.08 bits per heavy atom. The summed E-state index contributed by atoms with van der Waals surface area (Å²) in [4.78, 5) is 0.234. The van der Waals surface area contributed by atoms with Crippen LogP contribution in [0.4, 0.5) is 5.69 Å². The Kier molecular flexibility index (Phi) is 2.38. The van der Waals surface area contributed by atoms with Crippen LogP contribution in [0.5, 0.6) is 0 Å². The van der Waals surface area contributed by atoms with E-state index in [1.54, 1.807) is 19.1 Å². The summed E-state index contributed by atoms with van der Waals surface area (Å²) in [7, 11) is -3.14. The van der Waals surface area contributed by atoms with Gasteiger partial charge in [-0.15, -0.1) is 0 Å². The summed E-state index contributed by atoms with van der Waals surface area (Å²) in [5.74, 6) is 0.0798. The number of hydrogen-bond acceptors (Lipinski definition) is 2. The van der Waals surface area contributed by atoms with E-state index in [4.69, 9.17) is 5.73 Å². The molecule has 1 rings (SSSR count).